The number of benzene rings is 2. The van der Waals surface area contributed by atoms with Gasteiger partial charge in [-0.05, 0) is 30.3 Å². The number of carbonyl (C=O) groups is 1. The van der Waals surface area contributed by atoms with Crippen LogP contribution in [0, 0.1) is 0 Å². The van der Waals surface area contributed by atoms with Gasteiger partial charge in [-0.3, -0.25) is 0 Å². The van der Waals surface area contributed by atoms with E-state index in [4.69, 9.17) is 14.2 Å². The average Bonchev–Trinajstić information content (AvgIpc) is 2.65. The minimum absolute atomic E-state index is 0.0313. The van der Waals surface area contributed by atoms with E-state index in [2.05, 4.69) is 4.98 Å². The molecule has 3 aromatic rings. The molecule has 0 atom stereocenters. The van der Waals surface area contributed by atoms with Crippen LogP contribution < -0.4 is 19.3 Å². The number of para-hydroxylation sites is 1. The van der Waals surface area contributed by atoms with E-state index in [-0.39, 0.29) is 5.56 Å². The van der Waals surface area contributed by atoms with Crippen molar-refractivity contribution in [3.8, 4) is 28.5 Å². The van der Waals surface area contributed by atoms with Crippen molar-refractivity contribution in [3.63, 3.8) is 0 Å². The van der Waals surface area contributed by atoms with Crippen LogP contribution >= 0.6 is 0 Å². The van der Waals surface area contributed by atoms with E-state index < -0.39 is 5.97 Å². The van der Waals surface area contributed by atoms with Crippen molar-refractivity contribution < 1.29 is 24.1 Å². The highest BCUT2D eigenvalue weighted by molar-refractivity contribution is 6.04. The Kier molecular flexibility index (Phi) is 4.43. The van der Waals surface area contributed by atoms with Gasteiger partial charge in [-0.15, -0.1) is 0 Å². The summed E-state index contributed by atoms with van der Waals surface area (Å²) >= 11 is 0. The number of pyridine rings is 1. The van der Waals surface area contributed by atoms with Gasteiger partial charge in [0, 0.05) is 16.5 Å². The van der Waals surface area contributed by atoms with Crippen LogP contribution in [0.5, 0.6) is 17.2 Å². The fourth-order valence-electron chi connectivity index (χ4n) is 2.71. The molecule has 6 nitrogen and oxygen atoms in total. The molecule has 1 heterocycles. The first-order valence-corrected chi connectivity index (χ1v) is 7.50. The van der Waals surface area contributed by atoms with Crippen LogP contribution in [0.3, 0.4) is 0 Å². The minimum atomic E-state index is -1.29. The number of carboxylic acids is 1. The van der Waals surface area contributed by atoms with Crippen molar-refractivity contribution in [2.24, 2.45) is 0 Å². The molecule has 0 N–H and O–H groups in total. The number of hydrogen-bond donors (Lipinski definition) is 0. The molecule has 6 heteroatoms. The molecule has 0 aliphatic rings. The summed E-state index contributed by atoms with van der Waals surface area (Å²) in [6.07, 6.45) is 0. The van der Waals surface area contributed by atoms with Crippen LogP contribution in [0.2, 0.25) is 0 Å². The number of aromatic nitrogens is 1. The summed E-state index contributed by atoms with van der Waals surface area (Å²) in [4.78, 5) is 16.2. The van der Waals surface area contributed by atoms with Crippen LogP contribution in [0.15, 0.2) is 42.5 Å². The number of hydrogen-bond acceptors (Lipinski definition) is 6. The maximum Gasteiger partial charge on any atom is 0.145 e. The third kappa shape index (κ3) is 2.94. The van der Waals surface area contributed by atoms with Crippen LogP contribution in [0.4, 0.5) is 0 Å². The highest BCUT2D eigenvalue weighted by Gasteiger charge is 2.15. The predicted octanol–water partition coefficient (Wildman–Crippen LogP) is 2.29. The van der Waals surface area contributed by atoms with Gasteiger partial charge in [0.2, 0.25) is 0 Å². The summed E-state index contributed by atoms with van der Waals surface area (Å²) in [5.41, 5.74) is 1.50. The molecule has 0 aliphatic heterocycles. The number of carboxylic acid groups (broad SMARTS) is 1. The van der Waals surface area contributed by atoms with Gasteiger partial charge < -0.3 is 24.1 Å². The predicted molar refractivity (Wildman–Crippen MR) is 91.2 cm³/mol. The highest BCUT2D eigenvalue weighted by atomic mass is 16.5. The van der Waals surface area contributed by atoms with E-state index in [1.807, 2.05) is 0 Å². The van der Waals surface area contributed by atoms with Crippen molar-refractivity contribution >= 4 is 16.9 Å². The Hall–Kier alpha value is -3.28. The number of fused-ring (bicyclic) bond motifs is 1. The second-order valence-electron chi connectivity index (χ2n) is 5.27. The van der Waals surface area contributed by atoms with E-state index in [0.717, 1.165) is 0 Å². The Morgan fingerprint density at radius 1 is 0.960 bits per heavy atom. The van der Waals surface area contributed by atoms with E-state index >= 15 is 0 Å². The fourth-order valence-corrected chi connectivity index (χ4v) is 2.71. The van der Waals surface area contributed by atoms with E-state index in [1.54, 1.807) is 43.5 Å². The smallest absolute Gasteiger partial charge is 0.145 e. The Bertz CT molecular complexity index is 952. The minimum Gasteiger partial charge on any atom is -0.545 e. The van der Waals surface area contributed by atoms with Crippen LogP contribution in [-0.2, 0) is 0 Å². The zero-order valence-electron chi connectivity index (χ0n) is 14.0. The van der Waals surface area contributed by atoms with Gasteiger partial charge in [-0.1, -0.05) is 12.1 Å². The average molecular weight is 338 g/mol. The standard InChI is InChI=1S/C19H17NO5/c1-23-11-7-8-16(24-2)14(9-11)15-10-13(19(21)22)12-5-4-6-17(25-3)18(12)20-15/h4-10H,1-3H3,(H,21,22)/p-1. The number of carbonyl (C=O) groups excluding carboxylic acids is 1. The number of methoxy groups -OCH3 is 3. The van der Waals surface area contributed by atoms with Crippen molar-refractivity contribution in [1.82, 2.24) is 4.98 Å². The monoisotopic (exact) mass is 338 g/mol. The van der Waals surface area contributed by atoms with Crippen molar-refractivity contribution in [1.29, 1.82) is 0 Å². The van der Waals surface area contributed by atoms with Crippen molar-refractivity contribution in [2.75, 3.05) is 21.3 Å². The van der Waals surface area contributed by atoms with Gasteiger partial charge in [0.25, 0.3) is 0 Å². The Morgan fingerprint density at radius 3 is 2.36 bits per heavy atom. The van der Waals surface area contributed by atoms with Crippen molar-refractivity contribution in [3.05, 3.63) is 48.0 Å². The summed E-state index contributed by atoms with van der Waals surface area (Å²) in [5, 5.41) is 12.1. The Morgan fingerprint density at radius 2 is 1.72 bits per heavy atom. The molecule has 0 bridgehead atoms. The van der Waals surface area contributed by atoms with Gasteiger partial charge in [0.05, 0.1) is 33.0 Å². The van der Waals surface area contributed by atoms with Gasteiger partial charge in [-0.2, -0.15) is 0 Å². The number of rotatable bonds is 5. The lowest BCUT2D eigenvalue weighted by Crippen LogP contribution is -2.22. The quantitative estimate of drug-likeness (QED) is 0.710. The molecule has 0 radical (unpaired) electrons. The molecule has 0 spiro atoms. The zero-order valence-corrected chi connectivity index (χ0v) is 14.0. The Balaban J connectivity index is 2.36. The van der Waals surface area contributed by atoms with Gasteiger partial charge >= 0.3 is 0 Å². The maximum absolute atomic E-state index is 11.6. The molecule has 0 saturated heterocycles. The number of aromatic carboxylic acids is 1. The molecule has 0 unspecified atom stereocenters. The lowest BCUT2D eigenvalue weighted by Gasteiger charge is -2.15. The molecule has 2 aromatic carbocycles. The van der Waals surface area contributed by atoms with E-state index in [1.165, 1.54) is 20.3 Å². The van der Waals surface area contributed by atoms with Gasteiger partial charge in [0.15, 0.2) is 0 Å². The topological polar surface area (TPSA) is 80.7 Å². The molecule has 25 heavy (non-hydrogen) atoms. The van der Waals surface area contributed by atoms with Gasteiger partial charge in [-0.25, -0.2) is 4.98 Å². The first-order chi connectivity index (χ1) is 12.1. The first kappa shape index (κ1) is 16.6. The second kappa shape index (κ2) is 6.68. The third-order valence-electron chi connectivity index (χ3n) is 3.92. The molecule has 128 valence electrons. The summed E-state index contributed by atoms with van der Waals surface area (Å²) in [6, 6.07) is 11.8. The van der Waals surface area contributed by atoms with Crippen molar-refractivity contribution in [2.45, 2.75) is 0 Å². The van der Waals surface area contributed by atoms with Crippen LogP contribution in [0.1, 0.15) is 10.4 Å². The largest absolute Gasteiger partial charge is 0.545 e. The van der Waals surface area contributed by atoms with E-state index in [0.29, 0.717) is 39.4 Å². The van der Waals surface area contributed by atoms with Crippen LogP contribution in [0.25, 0.3) is 22.2 Å². The maximum atomic E-state index is 11.6. The van der Waals surface area contributed by atoms with E-state index in [9.17, 15) is 9.90 Å². The van der Waals surface area contributed by atoms with Gasteiger partial charge in [0.1, 0.15) is 22.8 Å². The molecular formula is C19H16NO5-. The lowest BCUT2D eigenvalue weighted by atomic mass is 10.0. The number of ether oxygens (including phenoxy) is 3. The zero-order chi connectivity index (χ0) is 18.0. The summed E-state index contributed by atoms with van der Waals surface area (Å²) in [7, 11) is 4.59. The molecule has 0 fully saturated rings. The Labute approximate surface area is 144 Å². The summed E-state index contributed by atoms with van der Waals surface area (Å²) < 4.78 is 16.0. The third-order valence-corrected chi connectivity index (χ3v) is 3.92. The summed E-state index contributed by atoms with van der Waals surface area (Å²) in [5.74, 6) is 0.340. The molecule has 0 amide bonds. The highest BCUT2D eigenvalue weighted by Crippen LogP contribution is 2.36. The molecule has 0 saturated carbocycles. The number of nitrogens with zero attached hydrogens (tertiary/aromatic N) is 1. The van der Waals surface area contributed by atoms with Crippen LogP contribution in [-0.4, -0.2) is 32.3 Å². The lowest BCUT2D eigenvalue weighted by molar-refractivity contribution is -0.254. The second-order valence-corrected chi connectivity index (χ2v) is 5.27. The molecule has 0 aliphatic carbocycles. The molecule has 3 rings (SSSR count). The fraction of sp³-hybridized carbons (Fsp3) is 0.158. The molecular weight excluding hydrogens is 322 g/mol. The molecule has 1 aromatic heterocycles. The SMILES string of the molecule is COc1ccc(OC)c(-c2cc(C(=O)[O-])c3cccc(OC)c3n2)c1. The first-order valence-electron chi connectivity index (χ1n) is 7.50. The normalized spacial score (nSPS) is 10.5. The summed E-state index contributed by atoms with van der Waals surface area (Å²) in [6.45, 7) is 0.